The lowest BCUT2D eigenvalue weighted by Crippen LogP contribution is -2.36. The molecule has 1 fully saturated rings. The average Bonchev–Trinajstić information content (AvgIpc) is 2.98. The number of hydrogen-bond donors (Lipinski definition) is 0. The van der Waals surface area contributed by atoms with Crippen molar-refractivity contribution in [3.8, 4) is 11.3 Å². The van der Waals surface area contributed by atoms with Crippen LogP contribution in [0.2, 0.25) is 0 Å². The zero-order valence-corrected chi connectivity index (χ0v) is 16.7. The van der Waals surface area contributed by atoms with Gasteiger partial charge in [0.1, 0.15) is 11.5 Å². The first-order chi connectivity index (χ1) is 15.1. The molecule has 3 heterocycles. The topological polar surface area (TPSA) is 50.5 Å². The third-order valence-electron chi connectivity index (χ3n) is 5.36. The summed E-state index contributed by atoms with van der Waals surface area (Å²) in [6.07, 6.45) is -2.48. The van der Waals surface area contributed by atoms with E-state index in [1.807, 2.05) is 0 Å². The Hall–Kier alpha value is -3.11. The highest BCUT2D eigenvalue weighted by Gasteiger charge is 2.60. The first-order valence-electron chi connectivity index (χ1n) is 9.99. The second-order valence-electron chi connectivity index (χ2n) is 7.61. The Labute approximate surface area is 178 Å². The first-order valence-corrected chi connectivity index (χ1v) is 9.99. The molecule has 1 amide bonds. The molecule has 5 nitrogen and oxygen atoms in total. The van der Waals surface area contributed by atoms with E-state index in [9.17, 15) is 31.1 Å². The van der Waals surface area contributed by atoms with Gasteiger partial charge < -0.3 is 4.90 Å². The average molecular weight is 456 g/mol. The number of benzene rings is 1. The van der Waals surface area contributed by atoms with Crippen molar-refractivity contribution in [2.45, 2.75) is 37.8 Å². The predicted molar refractivity (Wildman–Crippen MR) is 103 cm³/mol. The van der Waals surface area contributed by atoms with Gasteiger partial charge in [-0.1, -0.05) is 12.8 Å². The number of halogens is 6. The van der Waals surface area contributed by atoms with Crippen molar-refractivity contribution >= 4 is 11.6 Å². The van der Waals surface area contributed by atoms with Gasteiger partial charge in [-0.2, -0.15) is 27.1 Å². The van der Waals surface area contributed by atoms with Crippen molar-refractivity contribution in [3.05, 3.63) is 53.6 Å². The van der Waals surface area contributed by atoms with Crippen LogP contribution in [0.25, 0.3) is 16.9 Å². The summed E-state index contributed by atoms with van der Waals surface area (Å²) in [5, 5.41) is 3.77. The van der Waals surface area contributed by atoms with Crippen LogP contribution in [0.1, 0.15) is 41.9 Å². The smallest absolute Gasteiger partial charge is 0.337 e. The van der Waals surface area contributed by atoms with Crippen molar-refractivity contribution in [1.82, 2.24) is 19.5 Å². The van der Waals surface area contributed by atoms with Gasteiger partial charge in [-0.15, -0.1) is 0 Å². The molecule has 3 aromatic rings. The Bertz CT molecular complexity index is 1130. The second-order valence-corrected chi connectivity index (χ2v) is 7.61. The van der Waals surface area contributed by atoms with Crippen molar-refractivity contribution < 1.29 is 31.1 Å². The highest BCUT2D eigenvalue weighted by molar-refractivity contribution is 5.93. The number of nitrogens with zero attached hydrogens (tertiary/aromatic N) is 4. The number of hydrogen-bond acceptors (Lipinski definition) is 3. The Morgan fingerprint density at radius 3 is 2.12 bits per heavy atom. The van der Waals surface area contributed by atoms with Gasteiger partial charge in [-0.3, -0.25) is 4.79 Å². The maximum Gasteiger partial charge on any atom is 0.459 e. The van der Waals surface area contributed by atoms with Crippen LogP contribution < -0.4 is 0 Å². The Kier molecular flexibility index (Phi) is 5.59. The summed E-state index contributed by atoms with van der Waals surface area (Å²) in [5.41, 5.74) is -2.19. The fourth-order valence-electron chi connectivity index (χ4n) is 3.65. The minimum absolute atomic E-state index is 0.134. The highest BCUT2D eigenvalue weighted by atomic mass is 19.4. The largest absolute Gasteiger partial charge is 0.459 e. The third kappa shape index (κ3) is 4.03. The van der Waals surface area contributed by atoms with Crippen LogP contribution in [0.15, 0.2) is 36.4 Å². The van der Waals surface area contributed by atoms with Crippen molar-refractivity contribution in [2.24, 2.45) is 0 Å². The van der Waals surface area contributed by atoms with Gasteiger partial charge in [0, 0.05) is 24.7 Å². The Morgan fingerprint density at radius 1 is 0.906 bits per heavy atom. The van der Waals surface area contributed by atoms with Crippen LogP contribution in [0.5, 0.6) is 0 Å². The predicted octanol–water partition coefficient (Wildman–Crippen LogP) is 5.21. The molecule has 0 unspecified atom stereocenters. The third-order valence-corrected chi connectivity index (χ3v) is 5.36. The SMILES string of the molecule is O=C(c1cc2nc(-c3ccc(F)cc3)cc(C(F)(F)C(F)(F)F)n2n1)N1CCCCCC1. The molecule has 11 heteroatoms. The molecule has 0 atom stereocenters. The van der Waals surface area contributed by atoms with Crippen LogP contribution in [-0.2, 0) is 5.92 Å². The van der Waals surface area contributed by atoms with Gasteiger partial charge in [-0.05, 0) is 43.2 Å². The van der Waals surface area contributed by atoms with Crippen molar-refractivity contribution in [3.63, 3.8) is 0 Å². The van der Waals surface area contributed by atoms with Crippen molar-refractivity contribution in [2.75, 3.05) is 13.1 Å². The van der Waals surface area contributed by atoms with E-state index in [2.05, 4.69) is 10.1 Å². The summed E-state index contributed by atoms with van der Waals surface area (Å²) in [4.78, 5) is 18.5. The lowest BCUT2D eigenvalue weighted by molar-refractivity contribution is -0.291. The monoisotopic (exact) mass is 456 g/mol. The lowest BCUT2D eigenvalue weighted by Gasteiger charge is -2.21. The van der Waals surface area contributed by atoms with Gasteiger partial charge in [0.2, 0.25) is 0 Å². The minimum Gasteiger partial charge on any atom is -0.337 e. The van der Waals surface area contributed by atoms with E-state index < -0.39 is 29.5 Å². The molecule has 0 bridgehead atoms. The van der Waals surface area contributed by atoms with E-state index in [1.54, 1.807) is 0 Å². The Balaban J connectivity index is 1.86. The van der Waals surface area contributed by atoms with E-state index in [1.165, 1.54) is 17.0 Å². The summed E-state index contributed by atoms with van der Waals surface area (Å²) in [5.74, 6) is -6.43. The van der Waals surface area contributed by atoms with E-state index in [0.717, 1.165) is 43.9 Å². The molecule has 0 aliphatic carbocycles. The second kappa shape index (κ2) is 8.10. The van der Waals surface area contributed by atoms with Gasteiger partial charge >= 0.3 is 12.1 Å². The van der Waals surface area contributed by atoms with E-state index in [4.69, 9.17) is 0 Å². The number of aromatic nitrogens is 3. The van der Waals surface area contributed by atoms with E-state index in [-0.39, 0.29) is 22.6 Å². The van der Waals surface area contributed by atoms with E-state index >= 15 is 0 Å². The molecule has 1 aliphatic heterocycles. The summed E-state index contributed by atoms with van der Waals surface area (Å²) in [6, 6.07) is 6.14. The fraction of sp³-hybridized carbons (Fsp3) is 0.381. The maximum atomic E-state index is 14.4. The molecule has 2 aromatic heterocycles. The number of amides is 1. The number of carbonyl (C=O) groups is 1. The quantitative estimate of drug-likeness (QED) is 0.509. The zero-order chi connectivity index (χ0) is 23.1. The number of rotatable bonds is 3. The number of carbonyl (C=O) groups excluding carboxylic acids is 1. The summed E-state index contributed by atoms with van der Waals surface area (Å²) in [7, 11) is 0. The molecule has 1 aliphatic rings. The van der Waals surface area contributed by atoms with Gasteiger partial charge in [0.25, 0.3) is 5.91 Å². The minimum atomic E-state index is -5.90. The van der Waals surface area contributed by atoms with Crippen LogP contribution in [-0.4, -0.2) is 44.7 Å². The molecule has 170 valence electrons. The molecule has 0 N–H and O–H groups in total. The molecule has 0 radical (unpaired) electrons. The van der Waals surface area contributed by atoms with Gasteiger partial charge in [-0.25, -0.2) is 13.9 Å². The molecule has 0 spiro atoms. The lowest BCUT2D eigenvalue weighted by atomic mass is 10.1. The normalized spacial score (nSPS) is 15.8. The number of alkyl halides is 5. The molecular weight excluding hydrogens is 438 g/mol. The maximum absolute atomic E-state index is 14.4. The Morgan fingerprint density at radius 2 is 1.53 bits per heavy atom. The van der Waals surface area contributed by atoms with Crippen LogP contribution in [0, 0.1) is 5.82 Å². The molecule has 4 rings (SSSR count). The summed E-state index contributed by atoms with van der Waals surface area (Å²) < 4.78 is 82.0. The molecule has 1 saturated heterocycles. The van der Waals surface area contributed by atoms with E-state index in [0.29, 0.717) is 23.7 Å². The highest BCUT2D eigenvalue weighted by Crippen LogP contribution is 2.44. The number of likely N-dealkylation sites (tertiary alicyclic amines) is 1. The number of fused-ring (bicyclic) bond motifs is 1. The van der Waals surface area contributed by atoms with Gasteiger partial charge in [0.05, 0.1) is 5.69 Å². The molecule has 32 heavy (non-hydrogen) atoms. The van der Waals surface area contributed by atoms with Crippen LogP contribution >= 0.6 is 0 Å². The van der Waals surface area contributed by atoms with Crippen LogP contribution in [0.4, 0.5) is 26.3 Å². The first kappa shape index (κ1) is 22.1. The zero-order valence-electron chi connectivity index (χ0n) is 16.7. The standard InChI is InChI=1S/C21H18F6N4O/c22-14-7-5-13(6-8-14)15-11-17(20(23,24)21(25,26)27)31-18(28-15)12-16(29-31)19(32)30-9-3-1-2-4-10-30/h5-8,11-12H,1-4,9-10H2. The fourth-order valence-corrected chi connectivity index (χ4v) is 3.65. The summed E-state index contributed by atoms with van der Waals surface area (Å²) in [6.45, 7) is 0.902. The van der Waals surface area contributed by atoms with Gasteiger partial charge in [0.15, 0.2) is 11.3 Å². The molecular formula is C21H18F6N4O. The summed E-state index contributed by atoms with van der Waals surface area (Å²) >= 11 is 0. The molecule has 0 saturated carbocycles. The molecule has 1 aromatic carbocycles. The van der Waals surface area contributed by atoms with Crippen LogP contribution in [0.3, 0.4) is 0 Å². The van der Waals surface area contributed by atoms with Crippen molar-refractivity contribution in [1.29, 1.82) is 0 Å².